The van der Waals surface area contributed by atoms with E-state index in [1.54, 1.807) is 24.3 Å². The topological polar surface area (TPSA) is 52.6 Å². The predicted molar refractivity (Wildman–Crippen MR) is 81.4 cm³/mol. The first-order valence-corrected chi connectivity index (χ1v) is 7.63. The van der Waals surface area contributed by atoms with E-state index in [2.05, 4.69) is 6.92 Å². The van der Waals surface area contributed by atoms with Crippen molar-refractivity contribution >= 4 is 11.9 Å². The lowest BCUT2D eigenvalue weighted by Crippen LogP contribution is -2.09. The fourth-order valence-corrected chi connectivity index (χ4v) is 1.80. The van der Waals surface area contributed by atoms with E-state index in [1.807, 2.05) is 6.92 Å². The van der Waals surface area contributed by atoms with E-state index in [9.17, 15) is 9.59 Å². The van der Waals surface area contributed by atoms with Crippen LogP contribution in [-0.4, -0.2) is 25.2 Å². The summed E-state index contributed by atoms with van der Waals surface area (Å²) >= 11 is 0. The van der Waals surface area contributed by atoms with Crippen molar-refractivity contribution in [1.82, 2.24) is 0 Å². The van der Waals surface area contributed by atoms with Crippen molar-refractivity contribution in [1.29, 1.82) is 0 Å². The van der Waals surface area contributed by atoms with Gasteiger partial charge in [0.15, 0.2) is 0 Å². The second kappa shape index (κ2) is 9.97. The second-order valence-corrected chi connectivity index (χ2v) is 4.91. The molecule has 0 aliphatic rings. The van der Waals surface area contributed by atoms with Gasteiger partial charge in [-0.25, -0.2) is 9.59 Å². The van der Waals surface area contributed by atoms with Gasteiger partial charge < -0.3 is 9.47 Å². The zero-order valence-electron chi connectivity index (χ0n) is 12.9. The van der Waals surface area contributed by atoms with E-state index in [1.165, 1.54) is 0 Å². The molecule has 1 aromatic rings. The highest BCUT2D eigenvalue weighted by molar-refractivity contribution is 5.93. The van der Waals surface area contributed by atoms with Crippen molar-refractivity contribution in [2.24, 2.45) is 0 Å². The molecule has 1 aromatic carbocycles. The van der Waals surface area contributed by atoms with Crippen molar-refractivity contribution in [3.63, 3.8) is 0 Å². The van der Waals surface area contributed by atoms with E-state index in [0.29, 0.717) is 24.3 Å². The summed E-state index contributed by atoms with van der Waals surface area (Å²) in [5.74, 6) is -0.712. The Kier molecular flexibility index (Phi) is 8.17. The van der Waals surface area contributed by atoms with Crippen LogP contribution in [-0.2, 0) is 9.47 Å². The van der Waals surface area contributed by atoms with Crippen LogP contribution in [0.1, 0.15) is 66.7 Å². The van der Waals surface area contributed by atoms with Crippen LogP contribution in [0.3, 0.4) is 0 Å². The van der Waals surface area contributed by atoms with Gasteiger partial charge in [-0.2, -0.15) is 0 Å². The Balaban J connectivity index is 2.42. The number of unbranched alkanes of at least 4 members (excludes halogenated alkanes) is 3. The Morgan fingerprint density at radius 2 is 1.29 bits per heavy atom. The van der Waals surface area contributed by atoms with Crippen molar-refractivity contribution < 1.29 is 19.1 Å². The van der Waals surface area contributed by atoms with Gasteiger partial charge in [-0.05, 0) is 37.1 Å². The lowest BCUT2D eigenvalue weighted by Gasteiger charge is -2.06. The molecule has 0 spiro atoms. The number of hydrogen-bond acceptors (Lipinski definition) is 4. The Morgan fingerprint density at radius 3 is 1.76 bits per heavy atom. The third-order valence-corrected chi connectivity index (χ3v) is 3.02. The summed E-state index contributed by atoms with van der Waals surface area (Å²) in [6.07, 6.45) is 5.07. The van der Waals surface area contributed by atoms with E-state index in [0.717, 1.165) is 32.1 Å². The molecule has 4 nitrogen and oxygen atoms in total. The number of hydrogen-bond donors (Lipinski definition) is 0. The molecule has 0 unspecified atom stereocenters. The summed E-state index contributed by atoms with van der Waals surface area (Å²) in [6.45, 7) is 4.92. The van der Waals surface area contributed by atoms with Gasteiger partial charge in [0.05, 0.1) is 24.3 Å². The maximum absolute atomic E-state index is 11.8. The monoisotopic (exact) mass is 292 g/mol. The molecule has 0 aromatic heterocycles. The third kappa shape index (κ3) is 6.43. The number of carbonyl (C=O) groups excluding carboxylic acids is 2. The van der Waals surface area contributed by atoms with E-state index in [-0.39, 0.29) is 11.9 Å². The molecular formula is C17H24O4. The number of esters is 2. The lowest BCUT2D eigenvalue weighted by molar-refractivity contribution is 0.0486. The van der Waals surface area contributed by atoms with Crippen molar-refractivity contribution in [3.05, 3.63) is 35.4 Å². The minimum atomic E-state index is -0.365. The van der Waals surface area contributed by atoms with Crippen molar-refractivity contribution in [3.8, 4) is 0 Å². The highest BCUT2D eigenvalue weighted by atomic mass is 16.5. The van der Waals surface area contributed by atoms with Crippen LogP contribution >= 0.6 is 0 Å². The summed E-state index contributed by atoms with van der Waals surface area (Å²) in [7, 11) is 0. The molecule has 0 aliphatic heterocycles. The minimum absolute atomic E-state index is 0.347. The molecular weight excluding hydrogens is 268 g/mol. The fraction of sp³-hybridized carbons (Fsp3) is 0.529. The Labute approximate surface area is 126 Å². The van der Waals surface area contributed by atoms with Gasteiger partial charge in [-0.15, -0.1) is 0 Å². The van der Waals surface area contributed by atoms with Crippen LogP contribution in [0, 0.1) is 0 Å². The maximum atomic E-state index is 11.8. The molecule has 0 N–H and O–H groups in total. The largest absolute Gasteiger partial charge is 0.462 e. The Bertz CT molecular complexity index is 437. The molecule has 21 heavy (non-hydrogen) atoms. The summed E-state index contributed by atoms with van der Waals surface area (Å²) < 4.78 is 10.2. The van der Waals surface area contributed by atoms with Crippen LogP contribution in [0.2, 0.25) is 0 Å². The van der Waals surface area contributed by atoms with Crippen LogP contribution in [0.15, 0.2) is 24.3 Å². The van der Waals surface area contributed by atoms with Gasteiger partial charge in [0.25, 0.3) is 0 Å². The van der Waals surface area contributed by atoms with E-state index in [4.69, 9.17) is 9.47 Å². The molecule has 0 atom stereocenters. The number of benzene rings is 1. The lowest BCUT2D eigenvalue weighted by atomic mass is 10.1. The quantitative estimate of drug-likeness (QED) is 0.510. The molecule has 116 valence electrons. The fourth-order valence-electron chi connectivity index (χ4n) is 1.80. The Hall–Kier alpha value is -1.84. The molecule has 0 bridgehead atoms. The first kappa shape index (κ1) is 17.2. The number of carbonyl (C=O) groups is 2. The summed E-state index contributed by atoms with van der Waals surface area (Å²) in [4.78, 5) is 23.4. The highest BCUT2D eigenvalue weighted by Gasteiger charge is 2.10. The normalized spacial score (nSPS) is 10.2. The van der Waals surface area contributed by atoms with Crippen LogP contribution in [0.25, 0.3) is 0 Å². The SMILES string of the molecule is CCCCCCOC(=O)c1ccc(C(=O)OCCC)cc1. The van der Waals surface area contributed by atoms with Gasteiger partial charge in [0.1, 0.15) is 0 Å². The molecule has 0 saturated carbocycles. The molecule has 0 fully saturated rings. The highest BCUT2D eigenvalue weighted by Crippen LogP contribution is 2.08. The van der Waals surface area contributed by atoms with Crippen LogP contribution < -0.4 is 0 Å². The van der Waals surface area contributed by atoms with Crippen LogP contribution in [0.5, 0.6) is 0 Å². The first-order chi connectivity index (χ1) is 10.2. The standard InChI is InChI=1S/C17H24O4/c1-3-5-6-7-13-21-17(19)15-10-8-14(9-11-15)16(18)20-12-4-2/h8-11H,3-7,12-13H2,1-2H3. The van der Waals surface area contributed by atoms with Crippen molar-refractivity contribution in [2.45, 2.75) is 46.0 Å². The number of rotatable bonds is 9. The zero-order chi connectivity index (χ0) is 15.5. The molecule has 0 aliphatic carbocycles. The summed E-state index contributed by atoms with van der Waals surface area (Å²) in [5.41, 5.74) is 0.903. The summed E-state index contributed by atoms with van der Waals surface area (Å²) in [5, 5.41) is 0. The molecule has 0 heterocycles. The predicted octanol–water partition coefficient (Wildman–Crippen LogP) is 3.99. The smallest absolute Gasteiger partial charge is 0.338 e. The molecule has 4 heteroatoms. The molecule has 0 radical (unpaired) electrons. The second-order valence-electron chi connectivity index (χ2n) is 4.91. The molecule has 0 saturated heterocycles. The van der Waals surface area contributed by atoms with Gasteiger partial charge in [-0.1, -0.05) is 33.1 Å². The molecule has 1 rings (SSSR count). The van der Waals surface area contributed by atoms with Gasteiger partial charge in [-0.3, -0.25) is 0 Å². The average Bonchev–Trinajstić information content (AvgIpc) is 2.52. The molecule has 0 amide bonds. The first-order valence-electron chi connectivity index (χ1n) is 7.63. The summed E-state index contributed by atoms with van der Waals surface area (Å²) in [6, 6.07) is 6.37. The van der Waals surface area contributed by atoms with Crippen LogP contribution in [0.4, 0.5) is 0 Å². The number of ether oxygens (including phenoxy) is 2. The van der Waals surface area contributed by atoms with Crippen molar-refractivity contribution in [2.75, 3.05) is 13.2 Å². The third-order valence-electron chi connectivity index (χ3n) is 3.02. The average molecular weight is 292 g/mol. The van der Waals surface area contributed by atoms with E-state index < -0.39 is 0 Å². The maximum Gasteiger partial charge on any atom is 0.338 e. The Morgan fingerprint density at radius 1 is 0.762 bits per heavy atom. The van der Waals surface area contributed by atoms with Gasteiger partial charge >= 0.3 is 11.9 Å². The van der Waals surface area contributed by atoms with E-state index >= 15 is 0 Å². The van der Waals surface area contributed by atoms with Gasteiger partial charge in [0.2, 0.25) is 0 Å². The zero-order valence-corrected chi connectivity index (χ0v) is 12.9. The van der Waals surface area contributed by atoms with Gasteiger partial charge in [0, 0.05) is 0 Å². The minimum Gasteiger partial charge on any atom is -0.462 e.